The highest BCUT2D eigenvalue weighted by Gasteiger charge is 2.24. The number of rotatable bonds is 10. The Kier molecular flexibility index (Phi) is 10.9. The lowest BCUT2D eigenvalue weighted by Gasteiger charge is -2.30. The first kappa shape index (κ1) is 23.9. The van der Waals surface area contributed by atoms with Crippen molar-refractivity contribution >= 4 is 17.5 Å². The van der Waals surface area contributed by atoms with Gasteiger partial charge in [-0.1, -0.05) is 51.4 Å². The first-order valence-corrected chi connectivity index (χ1v) is 9.02. The van der Waals surface area contributed by atoms with E-state index < -0.39 is 6.10 Å². The highest BCUT2D eigenvalue weighted by atomic mass is 35.5. The van der Waals surface area contributed by atoms with Crippen LogP contribution in [0, 0.1) is 17.8 Å². The van der Waals surface area contributed by atoms with Gasteiger partial charge in [0.15, 0.2) is 0 Å². The molecule has 0 spiro atoms. The summed E-state index contributed by atoms with van der Waals surface area (Å²) in [6.07, 6.45) is -0.399. The molecule has 2 unspecified atom stereocenters. The number of primary amides is 1. The maximum atomic E-state index is 11.9. The Morgan fingerprint density at radius 1 is 1.08 bits per heavy atom. The molecule has 5 N–H and O–H groups in total. The van der Waals surface area contributed by atoms with E-state index in [-0.39, 0.29) is 17.3 Å². The molecule has 0 fully saturated rings. The summed E-state index contributed by atoms with van der Waals surface area (Å²) < 4.78 is 0. The number of amides is 1. The average Bonchev–Trinajstić information content (AvgIpc) is 2.45. The van der Waals surface area contributed by atoms with Gasteiger partial charge in [0.05, 0.1) is 12.0 Å². The van der Waals surface area contributed by atoms with Crippen LogP contribution in [-0.4, -0.2) is 41.0 Å². The molecular formula is C19H33ClN2O3. The van der Waals surface area contributed by atoms with Crippen LogP contribution in [0.4, 0.5) is 0 Å². The number of carbonyl (C=O) groups excluding carboxylic acids is 1. The number of carbonyl (C=O) groups is 1. The van der Waals surface area contributed by atoms with Gasteiger partial charge in [-0.15, -0.1) is 0 Å². The third kappa shape index (κ3) is 9.21. The van der Waals surface area contributed by atoms with E-state index in [1.165, 1.54) is 0 Å². The molecule has 6 heteroatoms. The molecule has 1 rings (SSSR count). The summed E-state index contributed by atoms with van der Waals surface area (Å²) in [6, 6.07) is 7.04. The lowest BCUT2D eigenvalue weighted by molar-refractivity contribution is -0.123. The van der Waals surface area contributed by atoms with Gasteiger partial charge >= 0.3 is 0 Å². The minimum Gasteiger partial charge on any atom is -0.412 e. The fourth-order valence-electron chi connectivity index (χ4n) is 2.94. The van der Waals surface area contributed by atoms with Crippen molar-refractivity contribution in [2.45, 2.75) is 40.2 Å². The van der Waals surface area contributed by atoms with Gasteiger partial charge in [-0.3, -0.25) is 4.79 Å². The predicted octanol–water partition coefficient (Wildman–Crippen LogP) is 2.65. The number of nitrogens with two attached hydrogens (primary N) is 1. The molecule has 144 valence electrons. The van der Waals surface area contributed by atoms with E-state index in [0.717, 1.165) is 18.7 Å². The quantitative estimate of drug-likeness (QED) is 0.660. The van der Waals surface area contributed by atoms with Gasteiger partial charge in [0.1, 0.15) is 0 Å². The highest BCUT2D eigenvalue weighted by Crippen LogP contribution is 2.24. The van der Waals surface area contributed by atoms with Crippen molar-refractivity contribution in [1.29, 1.82) is 0 Å². The highest BCUT2D eigenvalue weighted by molar-refractivity contribution is 6.30. The fraction of sp³-hybridized carbons (Fsp3) is 0.632. The standard InChI is InChI=1S/C19H31ClN2O2.H2O/c1-13(2)10-22(11-14(3)4)12-16(19(21)24)9-18(23)15-5-7-17(20)8-6-15;/h5-8,13-14,16,18,23H,9-12H2,1-4H3,(H2,21,24);1H2. The molecule has 0 aromatic heterocycles. The number of aliphatic hydroxyl groups is 1. The average molecular weight is 373 g/mol. The van der Waals surface area contributed by atoms with Crippen molar-refractivity contribution in [2.75, 3.05) is 19.6 Å². The van der Waals surface area contributed by atoms with Crippen LogP contribution in [0.15, 0.2) is 24.3 Å². The number of aliphatic hydroxyl groups excluding tert-OH is 1. The van der Waals surface area contributed by atoms with Crippen molar-refractivity contribution in [1.82, 2.24) is 4.90 Å². The van der Waals surface area contributed by atoms with Crippen LogP contribution in [0.5, 0.6) is 0 Å². The summed E-state index contributed by atoms with van der Waals surface area (Å²) in [4.78, 5) is 14.2. The smallest absolute Gasteiger partial charge is 0.221 e. The third-order valence-electron chi connectivity index (χ3n) is 3.89. The zero-order chi connectivity index (χ0) is 18.3. The van der Waals surface area contributed by atoms with E-state index in [1.54, 1.807) is 24.3 Å². The minimum atomic E-state index is -0.722. The van der Waals surface area contributed by atoms with Crippen LogP contribution in [0.25, 0.3) is 0 Å². The second kappa shape index (κ2) is 11.5. The Hall–Kier alpha value is -1.14. The molecule has 1 amide bonds. The van der Waals surface area contributed by atoms with Crippen molar-refractivity contribution in [3.8, 4) is 0 Å². The molecule has 0 radical (unpaired) electrons. The molecule has 0 bridgehead atoms. The summed E-state index contributed by atoms with van der Waals surface area (Å²) in [7, 11) is 0. The molecule has 2 atom stereocenters. The Morgan fingerprint density at radius 3 is 1.96 bits per heavy atom. The van der Waals surface area contributed by atoms with Crippen molar-refractivity contribution in [3.63, 3.8) is 0 Å². The molecule has 25 heavy (non-hydrogen) atoms. The zero-order valence-electron chi connectivity index (χ0n) is 15.7. The predicted molar refractivity (Wildman–Crippen MR) is 103 cm³/mol. The van der Waals surface area contributed by atoms with E-state index in [0.29, 0.717) is 29.8 Å². The normalized spacial score (nSPS) is 13.8. The van der Waals surface area contributed by atoms with Gasteiger partial charge in [-0.05, 0) is 36.0 Å². The number of hydrogen-bond acceptors (Lipinski definition) is 3. The van der Waals surface area contributed by atoms with E-state index in [1.807, 2.05) is 0 Å². The first-order valence-electron chi connectivity index (χ1n) is 8.64. The van der Waals surface area contributed by atoms with Crippen LogP contribution >= 0.6 is 11.6 Å². The first-order chi connectivity index (χ1) is 11.2. The van der Waals surface area contributed by atoms with E-state index >= 15 is 0 Å². The summed E-state index contributed by atoms with van der Waals surface area (Å²) in [6.45, 7) is 11.1. The SMILES string of the molecule is CC(C)CN(CC(C)C)CC(CC(O)c1ccc(Cl)cc1)C(N)=O.O. The summed E-state index contributed by atoms with van der Waals surface area (Å²) in [5.41, 5.74) is 6.35. The number of nitrogens with zero attached hydrogens (tertiary/aromatic N) is 1. The lowest BCUT2D eigenvalue weighted by atomic mass is 9.95. The van der Waals surface area contributed by atoms with Gasteiger partial charge in [0, 0.05) is 24.7 Å². The van der Waals surface area contributed by atoms with Gasteiger partial charge in [0.2, 0.25) is 5.91 Å². The molecule has 1 aromatic carbocycles. The van der Waals surface area contributed by atoms with Crippen LogP contribution < -0.4 is 5.73 Å². The maximum absolute atomic E-state index is 11.9. The minimum absolute atomic E-state index is 0. The topological polar surface area (TPSA) is 98.1 Å². The van der Waals surface area contributed by atoms with Crippen molar-refractivity contribution in [3.05, 3.63) is 34.9 Å². The molecule has 0 aliphatic rings. The van der Waals surface area contributed by atoms with Crippen molar-refractivity contribution < 1.29 is 15.4 Å². The number of halogens is 1. The van der Waals surface area contributed by atoms with Crippen LogP contribution in [0.1, 0.15) is 45.8 Å². The zero-order valence-corrected chi connectivity index (χ0v) is 16.5. The van der Waals surface area contributed by atoms with E-state index in [9.17, 15) is 9.90 Å². The largest absolute Gasteiger partial charge is 0.412 e. The molecule has 0 aliphatic heterocycles. The third-order valence-corrected chi connectivity index (χ3v) is 4.14. The lowest BCUT2D eigenvalue weighted by Crippen LogP contribution is -2.40. The summed E-state index contributed by atoms with van der Waals surface area (Å²) in [5, 5.41) is 11.1. The van der Waals surface area contributed by atoms with Gasteiger partial charge in [-0.25, -0.2) is 0 Å². The van der Waals surface area contributed by atoms with Crippen LogP contribution in [0.3, 0.4) is 0 Å². The van der Waals surface area contributed by atoms with Gasteiger partial charge < -0.3 is 21.2 Å². The van der Waals surface area contributed by atoms with Crippen molar-refractivity contribution in [2.24, 2.45) is 23.5 Å². The second-order valence-electron chi connectivity index (χ2n) is 7.41. The monoisotopic (exact) mass is 372 g/mol. The van der Waals surface area contributed by atoms with Crippen LogP contribution in [0.2, 0.25) is 5.02 Å². The van der Waals surface area contributed by atoms with Crippen LogP contribution in [-0.2, 0) is 4.79 Å². The maximum Gasteiger partial charge on any atom is 0.221 e. The Morgan fingerprint density at radius 2 is 1.56 bits per heavy atom. The summed E-state index contributed by atoms with van der Waals surface area (Å²) in [5.74, 6) is 0.283. The Bertz CT molecular complexity index is 496. The number of hydrogen-bond donors (Lipinski definition) is 2. The molecule has 0 saturated carbocycles. The van der Waals surface area contributed by atoms with Gasteiger partial charge in [0.25, 0.3) is 0 Å². The second-order valence-corrected chi connectivity index (χ2v) is 7.85. The van der Waals surface area contributed by atoms with Gasteiger partial charge in [-0.2, -0.15) is 0 Å². The molecule has 0 heterocycles. The number of benzene rings is 1. The molecule has 1 aromatic rings. The van der Waals surface area contributed by atoms with E-state index in [2.05, 4.69) is 32.6 Å². The molecule has 0 aliphatic carbocycles. The molecule has 5 nitrogen and oxygen atoms in total. The summed E-state index contributed by atoms with van der Waals surface area (Å²) >= 11 is 5.88. The van der Waals surface area contributed by atoms with E-state index in [4.69, 9.17) is 17.3 Å². The Labute approximate surface area is 156 Å². The molecule has 0 saturated heterocycles. The molecular weight excluding hydrogens is 340 g/mol. The Balaban J connectivity index is 0.00000576. The fourth-order valence-corrected chi connectivity index (χ4v) is 3.07.